The number of carbonyl (C=O) groups is 1. The quantitative estimate of drug-likeness (QED) is 0.863. The van der Waals surface area contributed by atoms with Crippen LogP contribution >= 0.6 is 0 Å². The van der Waals surface area contributed by atoms with E-state index in [1.807, 2.05) is 11.0 Å². The molecule has 0 aromatic heterocycles. The molecule has 0 fully saturated rings. The summed E-state index contributed by atoms with van der Waals surface area (Å²) in [4.78, 5) is 14.3. The van der Waals surface area contributed by atoms with Crippen LogP contribution in [0.15, 0.2) is 18.2 Å². The van der Waals surface area contributed by atoms with Gasteiger partial charge in [-0.25, -0.2) is 0 Å². The molecule has 0 spiro atoms. The Hall–Kier alpha value is -1.35. The lowest BCUT2D eigenvalue weighted by molar-refractivity contribution is 0.0760. The standard InChI is InChI=1S/C15H22N2O/c1-2-9-17(10-8-16)15(18)14-7-6-12-4-3-5-13(12)11-14/h6-7,11H,2-5,8-10,16H2,1H3. The average Bonchev–Trinajstić information content (AvgIpc) is 2.84. The van der Waals surface area contributed by atoms with Crippen molar-refractivity contribution in [3.05, 3.63) is 34.9 Å². The summed E-state index contributed by atoms with van der Waals surface area (Å²) in [7, 11) is 0. The fourth-order valence-electron chi connectivity index (χ4n) is 2.63. The first-order valence-corrected chi connectivity index (χ1v) is 6.87. The molecule has 3 heteroatoms. The molecule has 18 heavy (non-hydrogen) atoms. The van der Waals surface area contributed by atoms with Crippen LogP contribution in [-0.2, 0) is 12.8 Å². The van der Waals surface area contributed by atoms with E-state index in [0.29, 0.717) is 13.1 Å². The van der Waals surface area contributed by atoms with Crippen molar-refractivity contribution >= 4 is 5.91 Å². The Balaban J connectivity index is 2.16. The Kier molecular flexibility index (Phi) is 4.37. The zero-order valence-electron chi connectivity index (χ0n) is 11.1. The summed E-state index contributed by atoms with van der Waals surface area (Å²) in [6.07, 6.45) is 4.46. The number of amides is 1. The van der Waals surface area contributed by atoms with E-state index in [1.54, 1.807) is 0 Å². The van der Waals surface area contributed by atoms with Crippen LogP contribution < -0.4 is 5.73 Å². The van der Waals surface area contributed by atoms with Gasteiger partial charge in [-0.1, -0.05) is 13.0 Å². The summed E-state index contributed by atoms with van der Waals surface area (Å²) in [5.74, 6) is 0.122. The highest BCUT2D eigenvalue weighted by Gasteiger charge is 2.17. The van der Waals surface area contributed by atoms with Gasteiger partial charge in [0.15, 0.2) is 0 Å². The van der Waals surface area contributed by atoms with Crippen LogP contribution in [0.3, 0.4) is 0 Å². The first-order valence-electron chi connectivity index (χ1n) is 6.87. The predicted octanol–water partition coefficient (Wildman–Crippen LogP) is 1.99. The molecule has 0 heterocycles. The fourth-order valence-corrected chi connectivity index (χ4v) is 2.63. The number of aryl methyl sites for hydroxylation is 2. The zero-order chi connectivity index (χ0) is 13.0. The van der Waals surface area contributed by atoms with Gasteiger partial charge in [0.05, 0.1) is 0 Å². The molecule has 0 bridgehead atoms. The normalized spacial score (nSPS) is 13.4. The van der Waals surface area contributed by atoms with Crippen LogP contribution in [0.25, 0.3) is 0 Å². The Morgan fingerprint density at radius 1 is 1.28 bits per heavy atom. The van der Waals surface area contributed by atoms with Crippen molar-refractivity contribution in [1.82, 2.24) is 4.90 Å². The van der Waals surface area contributed by atoms with Crippen LogP contribution in [0.5, 0.6) is 0 Å². The summed E-state index contributed by atoms with van der Waals surface area (Å²) in [5.41, 5.74) is 9.15. The number of hydrogen-bond acceptors (Lipinski definition) is 2. The molecule has 0 unspecified atom stereocenters. The summed E-state index contributed by atoms with van der Waals surface area (Å²) in [5, 5.41) is 0. The second-order valence-electron chi connectivity index (χ2n) is 4.92. The van der Waals surface area contributed by atoms with Crippen molar-refractivity contribution in [3.63, 3.8) is 0 Å². The van der Waals surface area contributed by atoms with Gasteiger partial charge in [0.2, 0.25) is 0 Å². The van der Waals surface area contributed by atoms with Crippen molar-refractivity contribution in [1.29, 1.82) is 0 Å². The van der Waals surface area contributed by atoms with E-state index in [1.165, 1.54) is 17.5 Å². The number of benzene rings is 1. The van der Waals surface area contributed by atoms with E-state index in [4.69, 9.17) is 5.73 Å². The summed E-state index contributed by atoms with van der Waals surface area (Å²) >= 11 is 0. The minimum absolute atomic E-state index is 0.122. The zero-order valence-corrected chi connectivity index (χ0v) is 11.1. The molecule has 98 valence electrons. The van der Waals surface area contributed by atoms with Gasteiger partial charge in [-0.3, -0.25) is 4.79 Å². The van der Waals surface area contributed by atoms with Gasteiger partial charge in [-0.15, -0.1) is 0 Å². The summed E-state index contributed by atoms with van der Waals surface area (Å²) in [6.45, 7) is 4.03. The number of carbonyl (C=O) groups excluding carboxylic acids is 1. The van der Waals surface area contributed by atoms with E-state index in [0.717, 1.165) is 31.4 Å². The second-order valence-corrected chi connectivity index (χ2v) is 4.92. The predicted molar refractivity (Wildman–Crippen MR) is 73.7 cm³/mol. The first kappa shape index (κ1) is 13.1. The molecule has 1 aliphatic carbocycles. The SMILES string of the molecule is CCCN(CCN)C(=O)c1ccc2c(c1)CCC2. The Bertz CT molecular complexity index is 423. The second kappa shape index (κ2) is 6.01. The third-order valence-corrected chi connectivity index (χ3v) is 3.53. The third-order valence-electron chi connectivity index (χ3n) is 3.53. The maximum atomic E-state index is 12.4. The molecule has 2 rings (SSSR count). The molecular formula is C15H22N2O. The Morgan fingerprint density at radius 3 is 2.78 bits per heavy atom. The van der Waals surface area contributed by atoms with Gasteiger partial charge < -0.3 is 10.6 Å². The lowest BCUT2D eigenvalue weighted by atomic mass is 10.1. The molecular weight excluding hydrogens is 224 g/mol. The molecule has 3 nitrogen and oxygen atoms in total. The molecule has 1 aromatic rings. The van der Waals surface area contributed by atoms with E-state index in [2.05, 4.69) is 19.1 Å². The highest BCUT2D eigenvalue weighted by atomic mass is 16.2. The number of rotatable bonds is 5. The Labute approximate surface area is 109 Å². The molecule has 1 amide bonds. The molecule has 0 aliphatic heterocycles. The number of nitrogens with zero attached hydrogens (tertiary/aromatic N) is 1. The van der Waals surface area contributed by atoms with Crippen LogP contribution in [-0.4, -0.2) is 30.4 Å². The topological polar surface area (TPSA) is 46.3 Å². The lowest BCUT2D eigenvalue weighted by Gasteiger charge is -2.21. The third kappa shape index (κ3) is 2.72. The van der Waals surface area contributed by atoms with Gasteiger partial charge in [0.25, 0.3) is 5.91 Å². The Morgan fingerprint density at radius 2 is 2.06 bits per heavy atom. The van der Waals surface area contributed by atoms with Gasteiger partial charge in [0.1, 0.15) is 0 Å². The highest BCUT2D eigenvalue weighted by molar-refractivity contribution is 5.94. The van der Waals surface area contributed by atoms with Crippen LogP contribution in [0, 0.1) is 0 Å². The van der Waals surface area contributed by atoms with Gasteiger partial charge in [-0.2, -0.15) is 0 Å². The van der Waals surface area contributed by atoms with Crippen LogP contribution in [0.2, 0.25) is 0 Å². The van der Waals surface area contributed by atoms with Crippen molar-refractivity contribution in [2.45, 2.75) is 32.6 Å². The monoisotopic (exact) mass is 246 g/mol. The van der Waals surface area contributed by atoms with Crippen molar-refractivity contribution in [2.24, 2.45) is 5.73 Å². The highest BCUT2D eigenvalue weighted by Crippen LogP contribution is 2.23. The minimum atomic E-state index is 0.122. The van der Waals surface area contributed by atoms with Crippen LogP contribution in [0.1, 0.15) is 41.3 Å². The van der Waals surface area contributed by atoms with Gasteiger partial charge in [0, 0.05) is 25.2 Å². The number of nitrogens with two attached hydrogens (primary N) is 1. The van der Waals surface area contributed by atoms with E-state index >= 15 is 0 Å². The average molecular weight is 246 g/mol. The largest absolute Gasteiger partial charge is 0.337 e. The van der Waals surface area contributed by atoms with Crippen LogP contribution in [0.4, 0.5) is 0 Å². The van der Waals surface area contributed by atoms with E-state index < -0.39 is 0 Å². The fraction of sp³-hybridized carbons (Fsp3) is 0.533. The van der Waals surface area contributed by atoms with Crippen molar-refractivity contribution < 1.29 is 4.79 Å². The maximum absolute atomic E-state index is 12.4. The molecule has 1 aliphatic rings. The molecule has 0 radical (unpaired) electrons. The maximum Gasteiger partial charge on any atom is 0.253 e. The summed E-state index contributed by atoms with van der Waals surface area (Å²) < 4.78 is 0. The van der Waals surface area contributed by atoms with Crippen molar-refractivity contribution in [2.75, 3.05) is 19.6 Å². The first-order chi connectivity index (χ1) is 8.76. The van der Waals surface area contributed by atoms with Gasteiger partial charge >= 0.3 is 0 Å². The van der Waals surface area contributed by atoms with Crippen molar-refractivity contribution in [3.8, 4) is 0 Å². The van der Waals surface area contributed by atoms with Gasteiger partial charge in [-0.05, 0) is 48.9 Å². The summed E-state index contributed by atoms with van der Waals surface area (Å²) in [6, 6.07) is 6.15. The molecule has 0 atom stereocenters. The number of hydrogen-bond donors (Lipinski definition) is 1. The molecule has 0 saturated carbocycles. The smallest absolute Gasteiger partial charge is 0.253 e. The minimum Gasteiger partial charge on any atom is -0.337 e. The van der Waals surface area contributed by atoms with E-state index in [9.17, 15) is 4.79 Å². The van der Waals surface area contributed by atoms with E-state index in [-0.39, 0.29) is 5.91 Å². The molecule has 1 aromatic carbocycles. The number of fused-ring (bicyclic) bond motifs is 1. The lowest BCUT2D eigenvalue weighted by Crippen LogP contribution is -2.36. The molecule has 2 N–H and O–H groups in total. The molecule has 0 saturated heterocycles.